The van der Waals surface area contributed by atoms with Crippen LogP contribution in [0.5, 0.6) is 0 Å². The summed E-state index contributed by atoms with van der Waals surface area (Å²) in [6, 6.07) is 7.47. The van der Waals surface area contributed by atoms with Crippen molar-refractivity contribution in [2.45, 2.75) is 37.6 Å². The van der Waals surface area contributed by atoms with Gasteiger partial charge in [-0.1, -0.05) is 18.6 Å². The third-order valence-corrected chi connectivity index (χ3v) is 8.19. The molecule has 1 atom stereocenters. The highest BCUT2D eigenvalue weighted by atomic mass is 32.2. The molecule has 1 aliphatic carbocycles. The smallest absolute Gasteiger partial charge is 0.243 e. The van der Waals surface area contributed by atoms with Crippen LogP contribution in [0, 0.1) is 24.1 Å². The summed E-state index contributed by atoms with van der Waals surface area (Å²) in [4.78, 5) is 17.0. The minimum Gasteiger partial charge on any atom is -0.352 e. The van der Waals surface area contributed by atoms with E-state index in [9.17, 15) is 17.6 Å². The lowest BCUT2D eigenvalue weighted by Crippen LogP contribution is -2.45. The number of carbonyl (C=O) groups is 1. The fourth-order valence-electron chi connectivity index (χ4n) is 4.41. The molecule has 1 amide bonds. The molecule has 2 heterocycles. The van der Waals surface area contributed by atoms with Crippen molar-refractivity contribution in [1.29, 1.82) is 0 Å². The van der Waals surface area contributed by atoms with Gasteiger partial charge >= 0.3 is 0 Å². The first kappa shape index (κ1) is 20.0. The van der Waals surface area contributed by atoms with Gasteiger partial charge in [-0.25, -0.2) is 12.8 Å². The van der Waals surface area contributed by atoms with Crippen LogP contribution in [-0.4, -0.2) is 36.7 Å². The van der Waals surface area contributed by atoms with E-state index in [2.05, 4.69) is 10.3 Å². The van der Waals surface area contributed by atoms with Crippen LogP contribution in [0.1, 0.15) is 30.4 Å². The maximum Gasteiger partial charge on any atom is 0.243 e. The van der Waals surface area contributed by atoms with Gasteiger partial charge in [-0.2, -0.15) is 4.31 Å². The number of nitrogens with one attached hydrogen (secondary N) is 1. The lowest BCUT2D eigenvalue weighted by molar-refractivity contribution is -0.129. The van der Waals surface area contributed by atoms with E-state index < -0.39 is 21.8 Å². The Balaban J connectivity index is 1.54. The second-order valence-corrected chi connectivity index (χ2v) is 9.96. The van der Waals surface area contributed by atoms with Crippen molar-refractivity contribution in [3.63, 3.8) is 0 Å². The fraction of sp³-hybridized carbons (Fsp3) is 0.429. The highest BCUT2D eigenvalue weighted by molar-refractivity contribution is 7.89. The van der Waals surface area contributed by atoms with Crippen LogP contribution in [0.3, 0.4) is 0 Å². The van der Waals surface area contributed by atoms with E-state index in [1.165, 1.54) is 16.4 Å². The molecular weight excluding hydrogens is 393 g/mol. The number of amides is 1. The number of hydrogen-bond donors (Lipinski definition) is 1. The number of hydrogen-bond acceptors (Lipinski definition) is 4. The van der Waals surface area contributed by atoms with Gasteiger partial charge in [0.1, 0.15) is 5.82 Å². The molecule has 8 heteroatoms. The zero-order chi connectivity index (χ0) is 20.6. The molecule has 1 aromatic carbocycles. The first-order valence-electron chi connectivity index (χ1n) is 9.75. The standard InChI is InChI=1S/C21H24FN3O3S/c1-15-5-6-17(22)10-19(15)29(27,28)25-13-18(21(14-25)7-3-8-21)20(26)24-12-16-4-2-9-23-11-16/h2,4-6,9-11,18H,3,7-8,12-14H2,1H3,(H,24,26). The topological polar surface area (TPSA) is 79.4 Å². The predicted octanol–water partition coefficient (Wildman–Crippen LogP) is 2.64. The molecule has 2 aromatic rings. The average molecular weight is 418 g/mol. The summed E-state index contributed by atoms with van der Waals surface area (Å²) < 4.78 is 41.5. The number of nitrogens with zero attached hydrogens (tertiary/aromatic N) is 2. The van der Waals surface area contributed by atoms with E-state index in [-0.39, 0.29) is 22.8 Å². The molecule has 1 saturated heterocycles. The third kappa shape index (κ3) is 3.67. The summed E-state index contributed by atoms with van der Waals surface area (Å²) in [5, 5.41) is 2.94. The van der Waals surface area contributed by atoms with Gasteiger partial charge in [0.15, 0.2) is 0 Å². The summed E-state index contributed by atoms with van der Waals surface area (Å²) in [5.41, 5.74) is 1.06. The molecule has 1 aliphatic heterocycles. The number of aryl methyl sites for hydroxylation is 1. The van der Waals surface area contributed by atoms with Crippen molar-refractivity contribution >= 4 is 15.9 Å². The summed E-state index contributed by atoms with van der Waals surface area (Å²) in [6.45, 7) is 2.43. The molecule has 1 N–H and O–H groups in total. The van der Waals surface area contributed by atoms with Crippen molar-refractivity contribution < 1.29 is 17.6 Å². The molecule has 1 unspecified atom stereocenters. The van der Waals surface area contributed by atoms with Crippen LogP contribution < -0.4 is 5.32 Å². The number of sulfonamides is 1. The Morgan fingerprint density at radius 1 is 1.34 bits per heavy atom. The number of rotatable bonds is 5. The summed E-state index contributed by atoms with van der Waals surface area (Å²) >= 11 is 0. The number of aromatic nitrogens is 1. The van der Waals surface area contributed by atoms with Crippen molar-refractivity contribution in [2.75, 3.05) is 13.1 Å². The molecule has 154 valence electrons. The SMILES string of the molecule is Cc1ccc(F)cc1S(=O)(=O)N1CC(C(=O)NCc2cccnc2)C2(CCC2)C1. The normalized spacial score (nSPS) is 21.1. The van der Waals surface area contributed by atoms with Crippen LogP contribution in [0.25, 0.3) is 0 Å². The minimum atomic E-state index is -3.87. The molecule has 1 saturated carbocycles. The number of pyridine rings is 1. The van der Waals surface area contributed by atoms with Gasteiger partial charge in [-0.15, -0.1) is 0 Å². The molecule has 1 spiro atoms. The molecule has 2 fully saturated rings. The Morgan fingerprint density at radius 3 is 2.79 bits per heavy atom. The van der Waals surface area contributed by atoms with Gasteiger partial charge in [0.05, 0.1) is 10.8 Å². The molecule has 4 rings (SSSR count). The first-order valence-corrected chi connectivity index (χ1v) is 11.2. The van der Waals surface area contributed by atoms with E-state index >= 15 is 0 Å². The zero-order valence-corrected chi connectivity index (χ0v) is 17.1. The number of halogens is 1. The van der Waals surface area contributed by atoms with Gasteiger partial charge in [0.25, 0.3) is 0 Å². The molecule has 1 aromatic heterocycles. The van der Waals surface area contributed by atoms with E-state index in [4.69, 9.17) is 0 Å². The quantitative estimate of drug-likeness (QED) is 0.811. The van der Waals surface area contributed by atoms with Crippen LogP contribution >= 0.6 is 0 Å². The van der Waals surface area contributed by atoms with Gasteiger partial charge in [0.2, 0.25) is 15.9 Å². The highest BCUT2D eigenvalue weighted by Gasteiger charge is 2.55. The maximum absolute atomic E-state index is 13.7. The molecular formula is C21H24FN3O3S. The lowest BCUT2D eigenvalue weighted by atomic mass is 9.62. The molecule has 6 nitrogen and oxygen atoms in total. The molecule has 0 radical (unpaired) electrons. The average Bonchev–Trinajstić information content (AvgIpc) is 3.11. The van der Waals surface area contributed by atoms with Crippen LogP contribution in [-0.2, 0) is 21.4 Å². The minimum absolute atomic E-state index is 0.0246. The predicted molar refractivity (Wildman–Crippen MR) is 106 cm³/mol. The maximum atomic E-state index is 13.7. The fourth-order valence-corrected chi connectivity index (χ4v) is 6.20. The van der Waals surface area contributed by atoms with Gasteiger partial charge < -0.3 is 5.32 Å². The number of benzene rings is 1. The van der Waals surface area contributed by atoms with Crippen molar-refractivity contribution in [3.05, 3.63) is 59.7 Å². The number of carbonyl (C=O) groups excluding carboxylic acids is 1. The zero-order valence-electron chi connectivity index (χ0n) is 16.3. The van der Waals surface area contributed by atoms with E-state index in [1.807, 2.05) is 6.07 Å². The second-order valence-electron chi connectivity index (χ2n) is 8.05. The Bertz CT molecular complexity index is 1020. The Labute approximate surface area is 170 Å². The van der Waals surface area contributed by atoms with Crippen molar-refractivity contribution in [3.8, 4) is 0 Å². The Hall–Kier alpha value is -2.32. The van der Waals surface area contributed by atoms with E-state index in [0.717, 1.165) is 30.9 Å². The Morgan fingerprint density at radius 2 is 2.14 bits per heavy atom. The van der Waals surface area contributed by atoms with Crippen LogP contribution in [0.2, 0.25) is 0 Å². The summed E-state index contributed by atoms with van der Waals surface area (Å²) in [6.07, 6.45) is 6.00. The van der Waals surface area contributed by atoms with Crippen molar-refractivity contribution in [2.24, 2.45) is 11.3 Å². The lowest BCUT2D eigenvalue weighted by Gasteiger charge is -2.42. The second kappa shape index (κ2) is 7.50. The van der Waals surface area contributed by atoms with E-state index in [0.29, 0.717) is 18.7 Å². The van der Waals surface area contributed by atoms with Crippen LogP contribution in [0.15, 0.2) is 47.6 Å². The highest BCUT2D eigenvalue weighted by Crippen LogP contribution is 2.52. The largest absolute Gasteiger partial charge is 0.352 e. The monoisotopic (exact) mass is 417 g/mol. The molecule has 0 bridgehead atoms. The van der Waals surface area contributed by atoms with Crippen molar-refractivity contribution in [1.82, 2.24) is 14.6 Å². The molecule has 29 heavy (non-hydrogen) atoms. The van der Waals surface area contributed by atoms with Crippen LogP contribution in [0.4, 0.5) is 4.39 Å². The first-order chi connectivity index (χ1) is 13.8. The van der Waals surface area contributed by atoms with Gasteiger partial charge in [0, 0.05) is 32.0 Å². The van der Waals surface area contributed by atoms with Gasteiger partial charge in [-0.05, 0) is 54.5 Å². The van der Waals surface area contributed by atoms with Gasteiger partial charge in [-0.3, -0.25) is 9.78 Å². The summed E-state index contributed by atoms with van der Waals surface area (Å²) in [5.74, 6) is -1.13. The third-order valence-electron chi connectivity index (χ3n) is 6.24. The Kier molecular flexibility index (Phi) is 5.16. The molecule has 2 aliphatic rings. The van der Waals surface area contributed by atoms with E-state index in [1.54, 1.807) is 25.4 Å². The summed E-state index contributed by atoms with van der Waals surface area (Å²) in [7, 11) is -3.87.